The van der Waals surface area contributed by atoms with E-state index in [1.54, 1.807) is 6.07 Å². The van der Waals surface area contributed by atoms with Crippen molar-refractivity contribution < 1.29 is 14.6 Å². The van der Waals surface area contributed by atoms with Crippen molar-refractivity contribution in [3.8, 4) is 11.8 Å². The summed E-state index contributed by atoms with van der Waals surface area (Å²) in [6.07, 6.45) is 0.697. The summed E-state index contributed by atoms with van der Waals surface area (Å²) < 4.78 is 5.17. The van der Waals surface area contributed by atoms with Crippen LogP contribution in [-0.4, -0.2) is 36.2 Å². The molecule has 5 nitrogen and oxygen atoms in total. The molecule has 2 rings (SSSR count). The minimum atomic E-state index is -0.722. The highest BCUT2D eigenvalue weighted by Gasteiger charge is 2.27. The second-order valence-electron chi connectivity index (χ2n) is 4.71. The van der Waals surface area contributed by atoms with E-state index in [0.29, 0.717) is 30.8 Å². The molecule has 0 amide bonds. The number of carboxylic acids is 1. The molecule has 1 fully saturated rings. The maximum Gasteiger partial charge on any atom is 0.307 e. The van der Waals surface area contributed by atoms with Crippen LogP contribution in [0.2, 0.25) is 0 Å². The van der Waals surface area contributed by atoms with Gasteiger partial charge in [-0.05, 0) is 30.7 Å². The van der Waals surface area contributed by atoms with E-state index in [4.69, 9.17) is 15.1 Å². The third-order valence-corrected chi connectivity index (χ3v) is 3.41. The number of carboxylic acid groups (broad SMARTS) is 1. The van der Waals surface area contributed by atoms with Crippen LogP contribution in [0.5, 0.6) is 5.75 Å². The predicted molar refractivity (Wildman–Crippen MR) is 68.7 cm³/mol. The minimum absolute atomic E-state index is 0.264. The van der Waals surface area contributed by atoms with Crippen LogP contribution in [-0.2, 0) is 11.3 Å². The Bertz CT molecular complexity index is 522. The Hall–Kier alpha value is -2.06. The number of ether oxygens (including phenoxy) is 1. The van der Waals surface area contributed by atoms with Gasteiger partial charge in [-0.25, -0.2) is 0 Å². The number of hydrogen-bond acceptors (Lipinski definition) is 4. The number of likely N-dealkylation sites (tertiary alicyclic amines) is 1. The summed E-state index contributed by atoms with van der Waals surface area (Å²) >= 11 is 0. The molecule has 100 valence electrons. The molecule has 0 saturated carbocycles. The Morgan fingerprint density at radius 2 is 2.42 bits per heavy atom. The molecule has 1 aliphatic rings. The largest absolute Gasteiger partial charge is 0.495 e. The molecule has 0 bridgehead atoms. The van der Waals surface area contributed by atoms with E-state index in [9.17, 15) is 4.79 Å². The number of carbonyl (C=O) groups is 1. The fourth-order valence-corrected chi connectivity index (χ4v) is 2.36. The van der Waals surface area contributed by atoms with Gasteiger partial charge in [-0.3, -0.25) is 9.69 Å². The van der Waals surface area contributed by atoms with Gasteiger partial charge in [0.2, 0.25) is 0 Å². The summed E-state index contributed by atoms with van der Waals surface area (Å²) in [4.78, 5) is 13.0. The molecule has 0 aromatic heterocycles. The summed E-state index contributed by atoms with van der Waals surface area (Å²) in [7, 11) is 1.54. The van der Waals surface area contributed by atoms with Crippen LogP contribution in [0.4, 0.5) is 0 Å². The van der Waals surface area contributed by atoms with Crippen molar-refractivity contribution in [2.24, 2.45) is 5.92 Å². The molecule has 1 atom stereocenters. The first-order valence-electron chi connectivity index (χ1n) is 6.16. The van der Waals surface area contributed by atoms with E-state index in [1.807, 2.05) is 12.1 Å². The summed E-state index contributed by atoms with van der Waals surface area (Å²) in [5, 5.41) is 17.9. The maximum absolute atomic E-state index is 10.9. The summed E-state index contributed by atoms with van der Waals surface area (Å²) in [5.41, 5.74) is 1.54. The lowest BCUT2D eigenvalue weighted by molar-refractivity contribution is -0.141. The molecule has 0 spiro atoms. The quantitative estimate of drug-likeness (QED) is 0.887. The number of aliphatic carboxylic acids is 1. The molecule has 1 unspecified atom stereocenters. The highest BCUT2D eigenvalue weighted by Crippen LogP contribution is 2.23. The fourth-order valence-electron chi connectivity index (χ4n) is 2.36. The number of nitrogens with zero attached hydrogens (tertiary/aromatic N) is 2. The van der Waals surface area contributed by atoms with Crippen LogP contribution in [0.3, 0.4) is 0 Å². The number of methoxy groups -OCH3 is 1. The number of nitriles is 1. The van der Waals surface area contributed by atoms with Crippen molar-refractivity contribution in [1.29, 1.82) is 5.26 Å². The Morgan fingerprint density at radius 1 is 1.63 bits per heavy atom. The zero-order chi connectivity index (χ0) is 13.8. The highest BCUT2D eigenvalue weighted by atomic mass is 16.5. The first-order valence-corrected chi connectivity index (χ1v) is 6.16. The Labute approximate surface area is 112 Å². The summed E-state index contributed by atoms with van der Waals surface area (Å²) in [6.45, 7) is 2.06. The van der Waals surface area contributed by atoms with Crippen molar-refractivity contribution in [2.75, 3.05) is 20.2 Å². The number of hydrogen-bond donors (Lipinski definition) is 1. The molecule has 1 N–H and O–H groups in total. The molecule has 1 aromatic rings. The van der Waals surface area contributed by atoms with Gasteiger partial charge in [0.15, 0.2) is 0 Å². The van der Waals surface area contributed by atoms with Crippen molar-refractivity contribution in [3.63, 3.8) is 0 Å². The molecule has 1 aliphatic heterocycles. The predicted octanol–water partition coefficient (Wildman–Crippen LogP) is 1.47. The lowest BCUT2D eigenvalue weighted by atomic mass is 10.1. The van der Waals surface area contributed by atoms with Crippen LogP contribution >= 0.6 is 0 Å². The average Bonchev–Trinajstić information content (AvgIpc) is 2.87. The standard InChI is InChI=1S/C14H16N2O3/c1-19-13-6-10(2-3-11(13)7-15)8-16-5-4-12(9-16)14(17)18/h2-3,6,12H,4-5,8-9H2,1H3,(H,17,18). The average molecular weight is 260 g/mol. The highest BCUT2D eigenvalue weighted by molar-refractivity contribution is 5.70. The molecule has 19 heavy (non-hydrogen) atoms. The van der Waals surface area contributed by atoms with Crippen molar-refractivity contribution in [1.82, 2.24) is 4.90 Å². The second-order valence-corrected chi connectivity index (χ2v) is 4.71. The molecular formula is C14H16N2O3. The molecule has 0 radical (unpaired) electrons. The molecule has 1 saturated heterocycles. The topological polar surface area (TPSA) is 73.6 Å². The smallest absolute Gasteiger partial charge is 0.307 e. The lowest BCUT2D eigenvalue weighted by Crippen LogP contribution is -2.22. The van der Waals surface area contributed by atoms with Crippen LogP contribution in [0, 0.1) is 17.2 Å². The van der Waals surface area contributed by atoms with E-state index in [-0.39, 0.29) is 5.92 Å². The van der Waals surface area contributed by atoms with Gasteiger partial charge in [-0.2, -0.15) is 5.26 Å². The Kier molecular flexibility index (Phi) is 4.03. The summed E-state index contributed by atoms with van der Waals surface area (Å²) in [6, 6.07) is 7.53. The monoisotopic (exact) mass is 260 g/mol. The Morgan fingerprint density at radius 3 is 3.00 bits per heavy atom. The zero-order valence-electron chi connectivity index (χ0n) is 10.8. The van der Waals surface area contributed by atoms with E-state index in [2.05, 4.69) is 11.0 Å². The second kappa shape index (κ2) is 5.72. The zero-order valence-corrected chi connectivity index (χ0v) is 10.8. The van der Waals surface area contributed by atoms with Crippen molar-refractivity contribution in [3.05, 3.63) is 29.3 Å². The van der Waals surface area contributed by atoms with Crippen LogP contribution in [0.1, 0.15) is 17.5 Å². The van der Waals surface area contributed by atoms with Crippen molar-refractivity contribution >= 4 is 5.97 Å². The van der Waals surface area contributed by atoms with Gasteiger partial charge in [-0.1, -0.05) is 6.07 Å². The molecule has 0 aliphatic carbocycles. The lowest BCUT2D eigenvalue weighted by Gasteiger charge is -2.16. The molecule has 5 heteroatoms. The van der Waals surface area contributed by atoms with Gasteiger partial charge < -0.3 is 9.84 Å². The van der Waals surface area contributed by atoms with E-state index in [1.165, 1.54) is 7.11 Å². The Balaban J connectivity index is 2.05. The van der Waals surface area contributed by atoms with E-state index < -0.39 is 5.97 Å². The van der Waals surface area contributed by atoms with E-state index >= 15 is 0 Å². The minimum Gasteiger partial charge on any atom is -0.495 e. The third-order valence-electron chi connectivity index (χ3n) is 3.41. The molecular weight excluding hydrogens is 244 g/mol. The number of benzene rings is 1. The first kappa shape index (κ1) is 13.4. The van der Waals surface area contributed by atoms with Crippen LogP contribution in [0.15, 0.2) is 18.2 Å². The van der Waals surface area contributed by atoms with Crippen LogP contribution in [0.25, 0.3) is 0 Å². The van der Waals surface area contributed by atoms with Gasteiger partial charge in [0.25, 0.3) is 0 Å². The SMILES string of the molecule is COc1cc(CN2CCC(C(=O)O)C2)ccc1C#N. The van der Waals surface area contributed by atoms with Gasteiger partial charge in [0.1, 0.15) is 11.8 Å². The summed E-state index contributed by atoms with van der Waals surface area (Å²) in [5.74, 6) is -0.422. The van der Waals surface area contributed by atoms with Crippen molar-refractivity contribution in [2.45, 2.75) is 13.0 Å². The maximum atomic E-state index is 10.9. The number of rotatable bonds is 4. The van der Waals surface area contributed by atoms with Gasteiger partial charge in [0.05, 0.1) is 18.6 Å². The van der Waals surface area contributed by atoms with Gasteiger partial charge >= 0.3 is 5.97 Å². The van der Waals surface area contributed by atoms with E-state index in [0.717, 1.165) is 12.1 Å². The first-order chi connectivity index (χ1) is 9.13. The molecule has 1 aromatic carbocycles. The fraction of sp³-hybridized carbons (Fsp3) is 0.429. The van der Waals surface area contributed by atoms with Gasteiger partial charge in [0, 0.05) is 13.1 Å². The third kappa shape index (κ3) is 3.04. The molecule has 1 heterocycles. The van der Waals surface area contributed by atoms with Crippen LogP contribution < -0.4 is 4.74 Å². The van der Waals surface area contributed by atoms with Gasteiger partial charge in [-0.15, -0.1) is 0 Å². The normalized spacial score (nSPS) is 19.1.